The molecule has 2 atom stereocenters. The quantitative estimate of drug-likeness (QED) is 0.744. The molecule has 1 N–H and O–H groups in total. The lowest BCUT2D eigenvalue weighted by atomic mass is 10.1. The van der Waals surface area contributed by atoms with E-state index in [-0.39, 0.29) is 0 Å². The Morgan fingerprint density at radius 1 is 1.33 bits per heavy atom. The third kappa shape index (κ3) is 3.16. The lowest BCUT2D eigenvalue weighted by molar-refractivity contribution is 0.102. The van der Waals surface area contributed by atoms with Crippen molar-refractivity contribution in [1.29, 1.82) is 0 Å². The van der Waals surface area contributed by atoms with Crippen LogP contribution in [0.15, 0.2) is 0 Å². The third-order valence-corrected chi connectivity index (χ3v) is 4.00. The molecule has 2 heterocycles. The van der Waals surface area contributed by atoms with Gasteiger partial charge in [0.2, 0.25) is 0 Å². The van der Waals surface area contributed by atoms with Gasteiger partial charge in [-0.2, -0.15) is 0 Å². The van der Waals surface area contributed by atoms with Crippen LogP contribution in [-0.2, 0) is 0 Å². The van der Waals surface area contributed by atoms with E-state index in [0.29, 0.717) is 0 Å². The molecular weight excluding hydrogens is 186 g/mol. The zero-order valence-electron chi connectivity index (χ0n) is 10.2. The van der Waals surface area contributed by atoms with E-state index in [1.165, 1.54) is 52.0 Å². The number of piperazine rings is 1. The summed E-state index contributed by atoms with van der Waals surface area (Å²) in [5.74, 6) is 0. The molecule has 0 aliphatic carbocycles. The Labute approximate surface area is 93.8 Å². The Hall–Kier alpha value is -0.120. The largest absolute Gasteiger partial charge is 0.314 e. The van der Waals surface area contributed by atoms with Gasteiger partial charge in [0, 0.05) is 31.7 Å². The first-order valence-corrected chi connectivity index (χ1v) is 6.41. The Morgan fingerprint density at radius 3 is 2.87 bits per heavy atom. The minimum atomic E-state index is 0.732. The highest BCUT2D eigenvalue weighted by molar-refractivity contribution is 4.80. The lowest BCUT2D eigenvalue weighted by Gasteiger charge is -2.38. The number of rotatable bonds is 3. The van der Waals surface area contributed by atoms with Gasteiger partial charge in [-0.15, -0.1) is 0 Å². The molecule has 3 heteroatoms. The van der Waals surface area contributed by atoms with Crippen LogP contribution < -0.4 is 5.32 Å². The summed E-state index contributed by atoms with van der Waals surface area (Å²) in [5.41, 5.74) is 0. The zero-order chi connectivity index (χ0) is 10.7. The van der Waals surface area contributed by atoms with Crippen LogP contribution in [0, 0.1) is 0 Å². The van der Waals surface area contributed by atoms with E-state index >= 15 is 0 Å². The van der Waals surface area contributed by atoms with E-state index in [2.05, 4.69) is 29.1 Å². The van der Waals surface area contributed by atoms with Gasteiger partial charge in [-0.3, -0.25) is 0 Å². The highest BCUT2D eigenvalue weighted by atomic mass is 15.3. The molecule has 0 aromatic carbocycles. The summed E-state index contributed by atoms with van der Waals surface area (Å²) in [4.78, 5) is 5.09. The summed E-state index contributed by atoms with van der Waals surface area (Å²) < 4.78 is 0. The maximum atomic E-state index is 3.58. The van der Waals surface area contributed by atoms with E-state index in [0.717, 1.165) is 12.1 Å². The number of nitrogens with zero attached hydrogens (tertiary/aromatic N) is 2. The minimum Gasteiger partial charge on any atom is -0.314 e. The number of likely N-dealkylation sites (N-methyl/N-ethyl adjacent to an activating group) is 1. The van der Waals surface area contributed by atoms with Crippen molar-refractivity contribution in [3.63, 3.8) is 0 Å². The highest BCUT2D eigenvalue weighted by Gasteiger charge is 2.21. The van der Waals surface area contributed by atoms with Crippen LogP contribution in [0.3, 0.4) is 0 Å². The second kappa shape index (κ2) is 5.28. The Bertz CT molecular complexity index is 189. The molecule has 2 unspecified atom stereocenters. The molecule has 2 rings (SSSR count). The molecule has 2 aliphatic heterocycles. The van der Waals surface area contributed by atoms with Crippen molar-refractivity contribution >= 4 is 0 Å². The fourth-order valence-corrected chi connectivity index (χ4v) is 2.67. The summed E-state index contributed by atoms with van der Waals surface area (Å²) >= 11 is 0. The topological polar surface area (TPSA) is 18.5 Å². The molecule has 0 saturated carbocycles. The second-order valence-corrected chi connectivity index (χ2v) is 5.21. The molecule has 0 aromatic rings. The molecule has 88 valence electrons. The van der Waals surface area contributed by atoms with Gasteiger partial charge in [-0.1, -0.05) is 0 Å². The van der Waals surface area contributed by atoms with Gasteiger partial charge in [0.1, 0.15) is 0 Å². The highest BCUT2D eigenvalue weighted by Crippen LogP contribution is 2.12. The number of nitrogens with one attached hydrogen (secondary N) is 1. The fourth-order valence-electron chi connectivity index (χ4n) is 2.67. The van der Waals surface area contributed by atoms with Gasteiger partial charge in [0.15, 0.2) is 0 Å². The predicted octanol–water partition coefficient (Wildman–Crippen LogP) is 0.764. The van der Waals surface area contributed by atoms with E-state index in [9.17, 15) is 0 Å². The number of hydrogen-bond donors (Lipinski definition) is 1. The van der Waals surface area contributed by atoms with Crippen LogP contribution in [0.4, 0.5) is 0 Å². The molecule has 0 amide bonds. The third-order valence-electron chi connectivity index (χ3n) is 4.00. The van der Waals surface area contributed by atoms with Crippen LogP contribution in [0.2, 0.25) is 0 Å². The first-order chi connectivity index (χ1) is 7.25. The summed E-state index contributed by atoms with van der Waals surface area (Å²) in [5, 5.41) is 3.58. The summed E-state index contributed by atoms with van der Waals surface area (Å²) in [7, 11) is 2.24. The van der Waals surface area contributed by atoms with Crippen molar-refractivity contribution in [2.45, 2.75) is 38.3 Å². The second-order valence-electron chi connectivity index (χ2n) is 5.21. The molecule has 2 aliphatic rings. The van der Waals surface area contributed by atoms with E-state index in [1.54, 1.807) is 0 Å². The first kappa shape index (κ1) is 11.4. The van der Waals surface area contributed by atoms with Crippen molar-refractivity contribution in [2.75, 3.05) is 39.8 Å². The van der Waals surface area contributed by atoms with Crippen molar-refractivity contribution < 1.29 is 0 Å². The zero-order valence-corrected chi connectivity index (χ0v) is 10.2. The van der Waals surface area contributed by atoms with Crippen molar-refractivity contribution in [3.8, 4) is 0 Å². The van der Waals surface area contributed by atoms with E-state index in [4.69, 9.17) is 0 Å². The Balaban J connectivity index is 1.66. The molecule has 0 radical (unpaired) electrons. The molecule has 2 fully saturated rings. The van der Waals surface area contributed by atoms with Gasteiger partial charge in [0.05, 0.1) is 0 Å². The number of hydrogen-bond acceptors (Lipinski definition) is 3. The van der Waals surface area contributed by atoms with E-state index in [1.807, 2.05) is 0 Å². The summed E-state index contributed by atoms with van der Waals surface area (Å²) in [6, 6.07) is 1.54. The van der Waals surface area contributed by atoms with Gasteiger partial charge < -0.3 is 15.1 Å². The average Bonchev–Trinajstić information content (AvgIpc) is 2.73. The molecular formula is C12H25N3. The van der Waals surface area contributed by atoms with Gasteiger partial charge in [0.25, 0.3) is 0 Å². The Kier molecular flexibility index (Phi) is 4.00. The van der Waals surface area contributed by atoms with Crippen LogP contribution in [0.1, 0.15) is 26.2 Å². The molecule has 0 spiro atoms. The maximum absolute atomic E-state index is 3.58. The van der Waals surface area contributed by atoms with E-state index < -0.39 is 0 Å². The Morgan fingerprint density at radius 2 is 2.20 bits per heavy atom. The molecule has 0 bridgehead atoms. The van der Waals surface area contributed by atoms with Gasteiger partial charge in [-0.25, -0.2) is 0 Å². The van der Waals surface area contributed by atoms with Crippen LogP contribution >= 0.6 is 0 Å². The standard InChI is InChI=1S/C12H25N3/c1-11-10-15(9-8-14(11)2)7-5-12-4-3-6-13-12/h11-13H,3-10H2,1-2H3. The summed E-state index contributed by atoms with van der Waals surface area (Å²) in [6.45, 7) is 8.61. The molecule has 3 nitrogen and oxygen atoms in total. The predicted molar refractivity (Wildman–Crippen MR) is 64.2 cm³/mol. The maximum Gasteiger partial charge on any atom is 0.0192 e. The van der Waals surface area contributed by atoms with Crippen LogP contribution in [0.5, 0.6) is 0 Å². The van der Waals surface area contributed by atoms with Gasteiger partial charge >= 0.3 is 0 Å². The molecule has 15 heavy (non-hydrogen) atoms. The SMILES string of the molecule is CC1CN(CCC2CCCN2)CCN1C. The smallest absolute Gasteiger partial charge is 0.0192 e. The average molecular weight is 211 g/mol. The van der Waals surface area contributed by atoms with Crippen molar-refractivity contribution in [2.24, 2.45) is 0 Å². The van der Waals surface area contributed by atoms with Crippen molar-refractivity contribution in [1.82, 2.24) is 15.1 Å². The summed E-state index contributed by atoms with van der Waals surface area (Å²) in [6.07, 6.45) is 4.11. The van der Waals surface area contributed by atoms with Crippen LogP contribution in [0.25, 0.3) is 0 Å². The van der Waals surface area contributed by atoms with Gasteiger partial charge in [-0.05, 0) is 46.3 Å². The van der Waals surface area contributed by atoms with Crippen molar-refractivity contribution in [3.05, 3.63) is 0 Å². The van der Waals surface area contributed by atoms with Crippen LogP contribution in [-0.4, -0.2) is 61.7 Å². The normalized spacial score (nSPS) is 34.8. The lowest BCUT2D eigenvalue weighted by Crippen LogP contribution is -2.50. The monoisotopic (exact) mass is 211 g/mol. The fraction of sp³-hybridized carbons (Fsp3) is 1.00. The first-order valence-electron chi connectivity index (χ1n) is 6.41. The minimum absolute atomic E-state index is 0.732. The molecule has 0 aromatic heterocycles. The molecule has 2 saturated heterocycles.